The summed E-state index contributed by atoms with van der Waals surface area (Å²) >= 11 is 0. The number of hydrogen-bond donors (Lipinski definition) is 2. The summed E-state index contributed by atoms with van der Waals surface area (Å²) in [7, 11) is 4.25. The number of nitrogens with one attached hydrogen (secondary N) is 1. The molecule has 0 saturated heterocycles. The minimum atomic E-state index is -0.521. The quantitative estimate of drug-likeness (QED) is 0.722. The Bertz CT molecular complexity index is 654. The Morgan fingerprint density at radius 3 is 2.35 bits per heavy atom. The molecule has 1 aliphatic rings. The van der Waals surface area contributed by atoms with Crippen LogP contribution >= 0.6 is 0 Å². The molecule has 144 valence electrons. The van der Waals surface area contributed by atoms with Crippen molar-refractivity contribution in [1.82, 2.24) is 0 Å². The monoisotopic (exact) mass is 364 g/mol. The number of amides is 1. The molecule has 1 amide bonds. The number of nitrogens with two attached hydrogens (primary N) is 1. The van der Waals surface area contributed by atoms with Crippen LogP contribution in [0.3, 0.4) is 0 Å². The van der Waals surface area contributed by atoms with Gasteiger partial charge < -0.3 is 25.3 Å². The summed E-state index contributed by atoms with van der Waals surface area (Å²) in [5, 5.41) is 2.85. The lowest BCUT2D eigenvalue weighted by molar-refractivity contribution is -0.118. The Morgan fingerprint density at radius 1 is 1.12 bits per heavy atom. The molecule has 1 aromatic carbocycles. The number of benzene rings is 1. The first kappa shape index (κ1) is 20.0. The van der Waals surface area contributed by atoms with E-state index in [4.69, 9.17) is 19.9 Å². The zero-order valence-electron chi connectivity index (χ0n) is 15.7. The van der Waals surface area contributed by atoms with Gasteiger partial charge in [-0.2, -0.15) is 0 Å². The molecule has 1 saturated carbocycles. The lowest BCUT2D eigenvalue weighted by Crippen LogP contribution is -2.36. The molecule has 1 aromatic rings. The average Bonchev–Trinajstić information content (AvgIpc) is 2.67. The average molecular weight is 364 g/mol. The summed E-state index contributed by atoms with van der Waals surface area (Å²) < 4.78 is 15.4. The van der Waals surface area contributed by atoms with Crippen LogP contribution in [0.25, 0.3) is 0 Å². The van der Waals surface area contributed by atoms with Crippen LogP contribution in [0.15, 0.2) is 12.1 Å². The fraction of sp³-hybridized carbons (Fsp3) is 0.579. The first-order valence-electron chi connectivity index (χ1n) is 8.83. The third-order valence-corrected chi connectivity index (χ3v) is 5.06. The zero-order valence-corrected chi connectivity index (χ0v) is 15.7. The molecule has 0 spiro atoms. The van der Waals surface area contributed by atoms with Gasteiger partial charge in [-0.05, 0) is 36.9 Å². The van der Waals surface area contributed by atoms with Gasteiger partial charge >= 0.3 is 5.97 Å². The molecule has 1 fully saturated rings. The number of hydrogen-bond acceptors (Lipinski definition) is 6. The highest BCUT2D eigenvalue weighted by atomic mass is 16.5. The van der Waals surface area contributed by atoms with E-state index in [9.17, 15) is 9.59 Å². The summed E-state index contributed by atoms with van der Waals surface area (Å²) in [6, 6.07) is 3.05. The smallest absolute Gasteiger partial charge is 0.338 e. The van der Waals surface area contributed by atoms with Gasteiger partial charge in [-0.1, -0.05) is 19.3 Å². The molecule has 0 aromatic heterocycles. The van der Waals surface area contributed by atoms with Crippen LogP contribution in [0, 0.1) is 5.41 Å². The molecule has 26 heavy (non-hydrogen) atoms. The van der Waals surface area contributed by atoms with Crippen molar-refractivity contribution in [2.45, 2.75) is 38.5 Å². The number of carbonyl (C=O) groups excluding carboxylic acids is 2. The number of rotatable bonds is 7. The molecule has 0 radical (unpaired) electrons. The summed E-state index contributed by atoms with van der Waals surface area (Å²) in [4.78, 5) is 24.6. The van der Waals surface area contributed by atoms with Crippen LogP contribution in [0.4, 0.5) is 5.69 Å². The largest absolute Gasteiger partial charge is 0.493 e. The fourth-order valence-corrected chi connectivity index (χ4v) is 3.58. The van der Waals surface area contributed by atoms with Crippen LogP contribution in [-0.4, -0.2) is 39.8 Å². The number of anilines is 1. The Hall–Kier alpha value is -2.28. The first-order chi connectivity index (χ1) is 12.5. The summed E-state index contributed by atoms with van der Waals surface area (Å²) in [5.74, 6) is 0.0303. The van der Waals surface area contributed by atoms with E-state index in [1.54, 1.807) is 0 Å². The summed E-state index contributed by atoms with van der Waals surface area (Å²) in [5.41, 5.74) is 6.47. The lowest BCUT2D eigenvalue weighted by atomic mass is 9.71. The van der Waals surface area contributed by atoms with Gasteiger partial charge in [0.1, 0.15) is 0 Å². The van der Waals surface area contributed by atoms with Crippen LogP contribution in [0.5, 0.6) is 11.5 Å². The van der Waals surface area contributed by atoms with E-state index in [-0.39, 0.29) is 16.9 Å². The standard InChI is InChI=1S/C19H28N2O5/c1-24-15-10-13(18(23)26-3)9-14(17(15)25-2)21-16(22)11-19(12-20)7-5-4-6-8-19/h9-10H,4-8,11-12,20H2,1-3H3,(H,21,22). The maximum atomic E-state index is 12.7. The van der Waals surface area contributed by atoms with Crippen molar-refractivity contribution >= 4 is 17.6 Å². The Labute approximate surface area is 154 Å². The molecule has 0 bridgehead atoms. The highest BCUT2D eigenvalue weighted by Crippen LogP contribution is 2.40. The van der Waals surface area contributed by atoms with Crippen molar-refractivity contribution in [2.75, 3.05) is 33.2 Å². The molecule has 0 atom stereocenters. The van der Waals surface area contributed by atoms with E-state index in [1.165, 1.54) is 39.9 Å². The number of ether oxygens (including phenoxy) is 3. The SMILES string of the molecule is COC(=O)c1cc(NC(=O)CC2(CN)CCCCC2)c(OC)c(OC)c1. The second-order valence-corrected chi connectivity index (χ2v) is 6.74. The minimum Gasteiger partial charge on any atom is -0.493 e. The van der Waals surface area contributed by atoms with Crippen molar-refractivity contribution in [3.05, 3.63) is 17.7 Å². The molecule has 1 aliphatic carbocycles. The minimum absolute atomic E-state index is 0.153. The zero-order chi connectivity index (χ0) is 19.2. The third kappa shape index (κ3) is 4.46. The molecule has 2 rings (SSSR count). The molecular formula is C19H28N2O5. The number of esters is 1. The van der Waals surface area contributed by atoms with Crippen molar-refractivity contribution in [3.8, 4) is 11.5 Å². The highest BCUT2D eigenvalue weighted by molar-refractivity contribution is 5.97. The van der Waals surface area contributed by atoms with Crippen molar-refractivity contribution in [1.29, 1.82) is 0 Å². The van der Waals surface area contributed by atoms with Gasteiger partial charge in [-0.25, -0.2) is 4.79 Å². The fourth-order valence-electron chi connectivity index (χ4n) is 3.58. The van der Waals surface area contributed by atoms with Crippen molar-refractivity contribution in [3.63, 3.8) is 0 Å². The van der Waals surface area contributed by atoms with Gasteiger partial charge in [0.05, 0.1) is 32.6 Å². The predicted molar refractivity (Wildman–Crippen MR) is 98.7 cm³/mol. The van der Waals surface area contributed by atoms with Crippen LogP contribution < -0.4 is 20.5 Å². The topological polar surface area (TPSA) is 99.9 Å². The van der Waals surface area contributed by atoms with Crippen molar-refractivity contribution < 1.29 is 23.8 Å². The van der Waals surface area contributed by atoms with Gasteiger partial charge in [0.25, 0.3) is 0 Å². The van der Waals surface area contributed by atoms with E-state index >= 15 is 0 Å². The van der Waals surface area contributed by atoms with E-state index in [0.29, 0.717) is 30.2 Å². The molecule has 7 nitrogen and oxygen atoms in total. The van der Waals surface area contributed by atoms with E-state index in [0.717, 1.165) is 25.7 Å². The van der Waals surface area contributed by atoms with Gasteiger partial charge in [0.15, 0.2) is 11.5 Å². The molecule has 3 N–H and O–H groups in total. The lowest BCUT2D eigenvalue weighted by Gasteiger charge is -2.35. The van der Waals surface area contributed by atoms with Crippen LogP contribution in [0.2, 0.25) is 0 Å². The highest BCUT2D eigenvalue weighted by Gasteiger charge is 2.33. The molecular weight excluding hydrogens is 336 g/mol. The van der Waals surface area contributed by atoms with Gasteiger partial charge in [-0.15, -0.1) is 0 Å². The Balaban J connectivity index is 2.26. The number of carbonyl (C=O) groups is 2. The first-order valence-corrected chi connectivity index (χ1v) is 8.83. The van der Waals surface area contributed by atoms with Crippen molar-refractivity contribution in [2.24, 2.45) is 11.1 Å². The second kappa shape index (κ2) is 8.89. The summed E-state index contributed by atoms with van der Waals surface area (Å²) in [6.45, 7) is 0.489. The molecule has 7 heteroatoms. The maximum absolute atomic E-state index is 12.7. The Kier molecular flexibility index (Phi) is 6.85. The Morgan fingerprint density at radius 2 is 1.81 bits per heavy atom. The van der Waals surface area contributed by atoms with Gasteiger partial charge in [0, 0.05) is 6.42 Å². The van der Waals surface area contributed by atoms with E-state index in [2.05, 4.69) is 5.32 Å². The van der Waals surface area contributed by atoms with E-state index < -0.39 is 5.97 Å². The second-order valence-electron chi connectivity index (χ2n) is 6.74. The van der Waals surface area contributed by atoms with Gasteiger partial charge in [-0.3, -0.25) is 4.79 Å². The third-order valence-electron chi connectivity index (χ3n) is 5.06. The predicted octanol–water partition coefficient (Wildman–Crippen LogP) is 2.73. The van der Waals surface area contributed by atoms with Gasteiger partial charge in [0.2, 0.25) is 5.91 Å². The maximum Gasteiger partial charge on any atom is 0.338 e. The normalized spacial score (nSPS) is 15.8. The molecule has 0 aliphatic heterocycles. The summed E-state index contributed by atoms with van der Waals surface area (Å²) in [6.07, 6.45) is 5.64. The van der Waals surface area contributed by atoms with Crippen LogP contribution in [-0.2, 0) is 9.53 Å². The molecule has 0 heterocycles. The van der Waals surface area contributed by atoms with Crippen LogP contribution in [0.1, 0.15) is 48.9 Å². The molecule has 0 unspecified atom stereocenters. The van der Waals surface area contributed by atoms with E-state index in [1.807, 2.05) is 0 Å². The number of methoxy groups -OCH3 is 3.